The molecule has 2 aromatic carbocycles. The molecule has 3 atom stereocenters. The van der Waals surface area contributed by atoms with E-state index in [9.17, 15) is 0 Å². The van der Waals surface area contributed by atoms with Crippen LogP contribution in [0.2, 0.25) is 0 Å². The number of benzene rings is 2. The van der Waals surface area contributed by atoms with Crippen LogP contribution in [0.3, 0.4) is 0 Å². The van der Waals surface area contributed by atoms with Gasteiger partial charge in [0.05, 0.1) is 12.7 Å². The standard InChI is InChI=1S/C19H23NOS/c20-18-13-16(21-14-15-7-3-1-4-8-15)11-12-19(18)22-17-9-5-2-6-10-17/h1-10,16,18-19H,11-14,20H2/t16-,18+,19+/m0/s1. The van der Waals surface area contributed by atoms with Crippen LogP contribution in [-0.2, 0) is 11.3 Å². The van der Waals surface area contributed by atoms with Crippen LogP contribution in [0.15, 0.2) is 65.6 Å². The molecule has 3 heteroatoms. The summed E-state index contributed by atoms with van der Waals surface area (Å²) in [5.41, 5.74) is 7.62. The largest absolute Gasteiger partial charge is 0.373 e. The fraction of sp³-hybridized carbons (Fsp3) is 0.368. The molecule has 116 valence electrons. The number of hydrogen-bond acceptors (Lipinski definition) is 3. The van der Waals surface area contributed by atoms with Crippen LogP contribution in [0.5, 0.6) is 0 Å². The summed E-state index contributed by atoms with van der Waals surface area (Å²) in [5, 5.41) is 0.499. The van der Waals surface area contributed by atoms with Crippen LogP contribution in [-0.4, -0.2) is 17.4 Å². The van der Waals surface area contributed by atoms with Crippen molar-refractivity contribution in [3.63, 3.8) is 0 Å². The van der Waals surface area contributed by atoms with Gasteiger partial charge in [-0.1, -0.05) is 48.5 Å². The summed E-state index contributed by atoms with van der Waals surface area (Å²) in [7, 11) is 0. The Labute approximate surface area is 137 Å². The average molecular weight is 313 g/mol. The summed E-state index contributed by atoms with van der Waals surface area (Å²) in [6.45, 7) is 0.689. The van der Waals surface area contributed by atoms with Gasteiger partial charge in [-0.3, -0.25) is 0 Å². The van der Waals surface area contributed by atoms with Crippen LogP contribution in [0.25, 0.3) is 0 Å². The average Bonchev–Trinajstić information content (AvgIpc) is 2.57. The third-order valence-electron chi connectivity index (χ3n) is 4.14. The maximum Gasteiger partial charge on any atom is 0.0720 e. The Morgan fingerprint density at radius 3 is 2.32 bits per heavy atom. The van der Waals surface area contributed by atoms with Crippen molar-refractivity contribution in [2.45, 2.75) is 48.2 Å². The van der Waals surface area contributed by atoms with E-state index in [2.05, 4.69) is 54.6 Å². The molecule has 3 rings (SSSR count). The second kappa shape index (κ2) is 7.82. The summed E-state index contributed by atoms with van der Waals surface area (Å²) < 4.78 is 6.05. The molecule has 0 heterocycles. The van der Waals surface area contributed by atoms with Gasteiger partial charge in [-0.05, 0) is 37.0 Å². The zero-order valence-electron chi connectivity index (χ0n) is 12.7. The Balaban J connectivity index is 1.47. The van der Waals surface area contributed by atoms with Gasteiger partial charge in [0.15, 0.2) is 0 Å². The molecule has 1 aliphatic rings. The monoisotopic (exact) mass is 313 g/mol. The topological polar surface area (TPSA) is 35.2 Å². The van der Waals surface area contributed by atoms with Crippen molar-refractivity contribution < 1.29 is 4.74 Å². The van der Waals surface area contributed by atoms with Crippen LogP contribution >= 0.6 is 11.8 Å². The normalized spacial score (nSPS) is 25.0. The minimum Gasteiger partial charge on any atom is -0.373 e. The number of rotatable bonds is 5. The maximum atomic E-state index is 6.39. The van der Waals surface area contributed by atoms with Gasteiger partial charge < -0.3 is 10.5 Å². The first-order chi connectivity index (χ1) is 10.8. The Morgan fingerprint density at radius 1 is 0.955 bits per heavy atom. The minimum atomic E-state index is 0.208. The van der Waals surface area contributed by atoms with Gasteiger partial charge in [-0.25, -0.2) is 0 Å². The molecule has 2 N–H and O–H groups in total. The summed E-state index contributed by atoms with van der Waals surface area (Å²) in [6, 6.07) is 21.1. The van der Waals surface area contributed by atoms with Gasteiger partial charge in [-0.15, -0.1) is 11.8 Å². The van der Waals surface area contributed by atoms with E-state index in [1.165, 1.54) is 10.5 Å². The lowest BCUT2D eigenvalue weighted by molar-refractivity contribution is 0.0134. The first-order valence-corrected chi connectivity index (χ1v) is 8.82. The van der Waals surface area contributed by atoms with Crippen molar-refractivity contribution in [3.05, 3.63) is 66.2 Å². The van der Waals surface area contributed by atoms with E-state index in [-0.39, 0.29) is 6.04 Å². The lowest BCUT2D eigenvalue weighted by atomic mass is 9.93. The summed E-state index contributed by atoms with van der Waals surface area (Å²) >= 11 is 1.91. The molecule has 2 aromatic rings. The molecule has 0 aliphatic heterocycles. The zero-order chi connectivity index (χ0) is 15.2. The second-order valence-electron chi connectivity index (χ2n) is 5.86. The Bertz CT molecular complexity index is 560. The molecule has 0 amide bonds. The lowest BCUT2D eigenvalue weighted by Crippen LogP contribution is -2.41. The molecule has 0 radical (unpaired) electrons. The van der Waals surface area contributed by atoms with Gasteiger partial charge >= 0.3 is 0 Å². The van der Waals surface area contributed by atoms with E-state index < -0.39 is 0 Å². The predicted octanol–water partition coefficient (Wildman–Crippen LogP) is 4.24. The van der Waals surface area contributed by atoms with Crippen molar-refractivity contribution in [2.75, 3.05) is 0 Å². The Hall–Kier alpha value is -1.29. The number of ether oxygens (including phenoxy) is 1. The highest BCUT2D eigenvalue weighted by atomic mass is 32.2. The second-order valence-corrected chi connectivity index (χ2v) is 7.18. The quantitative estimate of drug-likeness (QED) is 0.896. The maximum absolute atomic E-state index is 6.39. The Kier molecular flexibility index (Phi) is 5.54. The first kappa shape index (κ1) is 15.6. The highest BCUT2D eigenvalue weighted by Crippen LogP contribution is 2.34. The van der Waals surface area contributed by atoms with E-state index in [4.69, 9.17) is 10.5 Å². The van der Waals surface area contributed by atoms with Crippen molar-refractivity contribution in [2.24, 2.45) is 5.73 Å². The van der Waals surface area contributed by atoms with Crippen molar-refractivity contribution in [1.82, 2.24) is 0 Å². The van der Waals surface area contributed by atoms with Crippen LogP contribution < -0.4 is 5.73 Å². The van der Waals surface area contributed by atoms with Crippen LogP contribution in [0.4, 0.5) is 0 Å². The van der Waals surface area contributed by atoms with Crippen molar-refractivity contribution in [3.8, 4) is 0 Å². The zero-order valence-corrected chi connectivity index (χ0v) is 13.5. The molecule has 0 aromatic heterocycles. The summed E-state index contributed by atoms with van der Waals surface area (Å²) in [6.07, 6.45) is 3.48. The fourth-order valence-corrected chi connectivity index (χ4v) is 4.10. The van der Waals surface area contributed by atoms with E-state index in [0.29, 0.717) is 18.0 Å². The number of thioether (sulfide) groups is 1. The lowest BCUT2D eigenvalue weighted by Gasteiger charge is -2.33. The van der Waals surface area contributed by atoms with E-state index in [1.54, 1.807) is 0 Å². The molecule has 0 unspecified atom stereocenters. The van der Waals surface area contributed by atoms with E-state index in [1.807, 2.05) is 17.8 Å². The number of hydrogen-bond donors (Lipinski definition) is 1. The smallest absolute Gasteiger partial charge is 0.0720 e. The molecule has 1 fully saturated rings. The molecule has 0 spiro atoms. The van der Waals surface area contributed by atoms with Crippen LogP contribution in [0, 0.1) is 0 Å². The summed E-state index contributed by atoms with van der Waals surface area (Å²) in [5.74, 6) is 0. The molecule has 22 heavy (non-hydrogen) atoms. The van der Waals surface area contributed by atoms with Gasteiger partial charge in [0, 0.05) is 16.2 Å². The van der Waals surface area contributed by atoms with Gasteiger partial charge in [-0.2, -0.15) is 0 Å². The van der Waals surface area contributed by atoms with E-state index in [0.717, 1.165) is 19.3 Å². The van der Waals surface area contributed by atoms with Crippen molar-refractivity contribution >= 4 is 11.8 Å². The Morgan fingerprint density at radius 2 is 1.64 bits per heavy atom. The van der Waals surface area contributed by atoms with E-state index >= 15 is 0 Å². The molecular formula is C19H23NOS. The first-order valence-electron chi connectivity index (χ1n) is 7.94. The molecule has 1 saturated carbocycles. The van der Waals surface area contributed by atoms with Crippen LogP contribution in [0.1, 0.15) is 24.8 Å². The molecule has 2 nitrogen and oxygen atoms in total. The molecule has 0 saturated heterocycles. The van der Waals surface area contributed by atoms with Crippen molar-refractivity contribution in [1.29, 1.82) is 0 Å². The highest BCUT2D eigenvalue weighted by molar-refractivity contribution is 8.00. The molecular weight excluding hydrogens is 290 g/mol. The third kappa shape index (κ3) is 4.35. The fourth-order valence-electron chi connectivity index (χ4n) is 2.90. The third-order valence-corrected chi connectivity index (χ3v) is 5.58. The number of nitrogens with two attached hydrogens (primary N) is 1. The van der Waals surface area contributed by atoms with Gasteiger partial charge in [0.25, 0.3) is 0 Å². The van der Waals surface area contributed by atoms with Gasteiger partial charge in [0.1, 0.15) is 0 Å². The molecule has 1 aliphatic carbocycles. The minimum absolute atomic E-state index is 0.208. The highest BCUT2D eigenvalue weighted by Gasteiger charge is 2.29. The predicted molar refractivity (Wildman–Crippen MR) is 92.9 cm³/mol. The SMILES string of the molecule is N[C@@H]1C[C@@H](OCc2ccccc2)CC[C@H]1Sc1ccccc1. The van der Waals surface area contributed by atoms with Gasteiger partial charge in [0.2, 0.25) is 0 Å². The molecule has 0 bridgehead atoms. The summed E-state index contributed by atoms with van der Waals surface area (Å²) in [4.78, 5) is 1.31.